The van der Waals surface area contributed by atoms with Gasteiger partial charge in [-0.2, -0.15) is 0 Å². The molecule has 0 unspecified atom stereocenters. The normalized spacial score (nSPS) is 14.9. The standard InChI is InChI=1S/C26H24ClN3/c27-22-12-10-21(11-13-22)25-28-24-9-5-4-8-23(24)26(29-25)30-16-14-20(15-17-30)18-19-6-2-1-3-7-19/h1-13,20H,14-18H2. The number of benzene rings is 3. The Morgan fingerprint density at radius 1 is 0.800 bits per heavy atom. The molecule has 2 heterocycles. The van der Waals surface area contributed by atoms with Crippen LogP contribution in [0, 0.1) is 5.92 Å². The smallest absolute Gasteiger partial charge is 0.162 e. The molecule has 1 fully saturated rings. The van der Waals surface area contributed by atoms with E-state index in [1.54, 1.807) is 0 Å². The number of para-hydroxylation sites is 1. The highest BCUT2D eigenvalue weighted by atomic mass is 35.5. The third kappa shape index (κ3) is 4.03. The molecule has 5 rings (SSSR count). The van der Waals surface area contributed by atoms with E-state index in [1.165, 1.54) is 18.4 Å². The SMILES string of the molecule is Clc1ccc(-c2nc(N3CCC(Cc4ccccc4)CC3)c3ccccc3n2)cc1. The van der Waals surface area contributed by atoms with Gasteiger partial charge in [-0.3, -0.25) is 0 Å². The van der Waals surface area contributed by atoms with Crippen LogP contribution in [0.3, 0.4) is 0 Å². The van der Waals surface area contributed by atoms with Crippen LogP contribution in [0.2, 0.25) is 5.02 Å². The first-order chi connectivity index (χ1) is 14.8. The zero-order valence-electron chi connectivity index (χ0n) is 16.8. The van der Waals surface area contributed by atoms with Crippen LogP contribution in [0.5, 0.6) is 0 Å². The number of hydrogen-bond donors (Lipinski definition) is 0. The molecule has 0 spiro atoms. The Morgan fingerprint density at radius 2 is 1.50 bits per heavy atom. The molecule has 3 nitrogen and oxygen atoms in total. The number of halogens is 1. The maximum Gasteiger partial charge on any atom is 0.162 e. The molecule has 0 radical (unpaired) electrons. The zero-order chi connectivity index (χ0) is 20.3. The molecule has 4 heteroatoms. The summed E-state index contributed by atoms with van der Waals surface area (Å²) in [5, 5.41) is 1.84. The van der Waals surface area contributed by atoms with Crippen LogP contribution < -0.4 is 4.90 Å². The summed E-state index contributed by atoms with van der Waals surface area (Å²) in [6.45, 7) is 2.05. The molecule has 1 aliphatic rings. The third-order valence-corrected chi connectivity index (χ3v) is 6.22. The van der Waals surface area contributed by atoms with Crippen molar-refractivity contribution in [2.45, 2.75) is 19.3 Å². The fourth-order valence-electron chi connectivity index (χ4n) is 4.33. The van der Waals surface area contributed by atoms with Crippen molar-refractivity contribution in [3.63, 3.8) is 0 Å². The van der Waals surface area contributed by atoms with Gasteiger partial charge in [0.25, 0.3) is 0 Å². The van der Waals surface area contributed by atoms with Gasteiger partial charge in [-0.05, 0) is 67.1 Å². The molecule has 4 aromatic rings. The number of aromatic nitrogens is 2. The summed E-state index contributed by atoms with van der Waals surface area (Å²) in [6, 6.07) is 26.9. The van der Waals surface area contributed by atoms with Gasteiger partial charge < -0.3 is 4.90 Å². The molecule has 1 saturated heterocycles. The van der Waals surface area contributed by atoms with E-state index in [0.717, 1.165) is 58.6 Å². The predicted molar refractivity (Wildman–Crippen MR) is 125 cm³/mol. The Kier molecular flexibility index (Phi) is 5.37. The minimum atomic E-state index is 0.722. The summed E-state index contributed by atoms with van der Waals surface area (Å²) >= 11 is 6.07. The molecule has 0 N–H and O–H groups in total. The fraction of sp³-hybridized carbons (Fsp3) is 0.231. The predicted octanol–water partition coefficient (Wildman–Crippen LogP) is 6.41. The monoisotopic (exact) mass is 413 g/mol. The summed E-state index contributed by atoms with van der Waals surface area (Å²) in [6.07, 6.45) is 3.53. The molecular formula is C26H24ClN3. The summed E-state index contributed by atoms with van der Waals surface area (Å²) < 4.78 is 0. The van der Waals surface area contributed by atoms with Crippen molar-refractivity contribution in [1.82, 2.24) is 9.97 Å². The van der Waals surface area contributed by atoms with Gasteiger partial charge in [0.05, 0.1) is 5.52 Å². The Morgan fingerprint density at radius 3 is 2.27 bits per heavy atom. The van der Waals surface area contributed by atoms with Gasteiger partial charge >= 0.3 is 0 Å². The second kappa shape index (κ2) is 8.45. The first kappa shape index (κ1) is 19.1. The van der Waals surface area contributed by atoms with Crippen LogP contribution in [0.1, 0.15) is 18.4 Å². The van der Waals surface area contributed by atoms with E-state index in [-0.39, 0.29) is 0 Å². The molecule has 3 aromatic carbocycles. The summed E-state index contributed by atoms with van der Waals surface area (Å²) in [5.41, 5.74) is 3.41. The highest BCUT2D eigenvalue weighted by Crippen LogP contribution is 2.31. The van der Waals surface area contributed by atoms with E-state index in [4.69, 9.17) is 21.6 Å². The fourth-order valence-corrected chi connectivity index (χ4v) is 4.45. The quantitative estimate of drug-likeness (QED) is 0.387. The Hall–Kier alpha value is -2.91. The zero-order valence-corrected chi connectivity index (χ0v) is 17.6. The number of hydrogen-bond acceptors (Lipinski definition) is 3. The Bertz CT molecular complexity index is 1130. The van der Waals surface area contributed by atoms with Gasteiger partial charge in [-0.1, -0.05) is 54.1 Å². The van der Waals surface area contributed by atoms with Gasteiger partial charge in [0.15, 0.2) is 5.82 Å². The van der Waals surface area contributed by atoms with Gasteiger partial charge in [0.2, 0.25) is 0 Å². The summed E-state index contributed by atoms with van der Waals surface area (Å²) in [5.74, 6) is 2.53. The number of rotatable bonds is 4. The van der Waals surface area contributed by atoms with Crippen molar-refractivity contribution >= 4 is 28.3 Å². The summed E-state index contributed by atoms with van der Waals surface area (Å²) in [4.78, 5) is 12.3. The van der Waals surface area contributed by atoms with Gasteiger partial charge in [0, 0.05) is 29.1 Å². The average molecular weight is 414 g/mol. The molecule has 1 aliphatic heterocycles. The number of piperidine rings is 1. The first-order valence-corrected chi connectivity index (χ1v) is 11.0. The Labute approximate surface area is 182 Å². The first-order valence-electron chi connectivity index (χ1n) is 10.6. The van der Waals surface area contributed by atoms with Gasteiger partial charge in [-0.25, -0.2) is 9.97 Å². The van der Waals surface area contributed by atoms with Crippen LogP contribution in [0.4, 0.5) is 5.82 Å². The number of nitrogens with zero attached hydrogens (tertiary/aromatic N) is 3. The largest absolute Gasteiger partial charge is 0.356 e. The van der Waals surface area contributed by atoms with Gasteiger partial charge in [-0.15, -0.1) is 0 Å². The van der Waals surface area contributed by atoms with E-state index >= 15 is 0 Å². The lowest BCUT2D eigenvalue weighted by Gasteiger charge is -2.33. The molecule has 0 atom stereocenters. The highest BCUT2D eigenvalue weighted by molar-refractivity contribution is 6.30. The second-order valence-electron chi connectivity index (χ2n) is 8.02. The number of anilines is 1. The van der Waals surface area contributed by atoms with E-state index in [2.05, 4.69) is 53.4 Å². The van der Waals surface area contributed by atoms with Crippen molar-refractivity contribution in [3.8, 4) is 11.4 Å². The van der Waals surface area contributed by atoms with E-state index in [1.807, 2.05) is 30.3 Å². The second-order valence-corrected chi connectivity index (χ2v) is 8.45. The minimum absolute atomic E-state index is 0.722. The maximum absolute atomic E-state index is 6.07. The molecule has 0 aliphatic carbocycles. The van der Waals surface area contributed by atoms with Crippen molar-refractivity contribution in [2.24, 2.45) is 5.92 Å². The Balaban J connectivity index is 1.42. The van der Waals surface area contributed by atoms with Crippen LogP contribution in [0.15, 0.2) is 78.9 Å². The minimum Gasteiger partial charge on any atom is -0.356 e. The lowest BCUT2D eigenvalue weighted by molar-refractivity contribution is 0.403. The van der Waals surface area contributed by atoms with Crippen LogP contribution in [-0.2, 0) is 6.42 Å². The molecule has 150 valence electrons. The topological polar surface area (TPSA) is 29.0 Å². The van der Waals surface area contributed by atoms with E-state index < -0.39 is 0 Å². The molecular weight excluding hydrogens is 390 g/mol. The van der Waals surface area contributed by atoms with Crippen molar-refractivity contribution in [2.75, 3.05) is 18.0 Å². The van der Waals surface area contributed by atoms with Crippen molar-refractivity contribution < 1.29 is 0 Å². The average Bonchev–Trinajstić information content (AvgIpc) is 2.80. The summed E-state index contributed by atoms with van der Waals surface area (Å²) in [7, 11) is 0. The molecule has 30 heavy (non-hydrogen) atoms. The lowest BCUT2D eigenvalue weighted by Crippen LogP contribution is -2.35. The van der Waals surface area contributed by atoms with Crippen LogP contribution in [0.25, 0.3) is 22.3 Å². The molecule has 0 saturated carbocycles. The third-order valence-electron chi connectivity index (χ3n) is 5.97. The van der Waals surface area contributed by atoms with Gasteiger partial charge in [0.1, 0.15) is 5.82 Å². The molecule has 0 bridgehead atoms. The van der Waals surface area contributed by atoms with E-state index in [9.17, 15) is 0 Å². The maximum atomic E-state index is 6.07. The highest BCUT2D eigenvalue weighted by Gasteiger charge is 2.23. The van der Waals surface area contributed by atoms with Crippen LogP contribution >= 0.6 is 11.6 Å². The van der Waals surface area contributed by atoms with Crippen LogP contribution in [-0.4, -0.2) is 23.1 Å². The molecule has 1 aromatic heterocycles. The van der Waals surface area contributed by atoms with Crippen molar-refractivity contribution in [1.29, 1.82) is 0 Å². The van der Waals surface area contributed by atoms with Crippen molar-refractivity contribution in [3.05, 3.63) is 89.4 Å². The lowest BCUT2D eigenvalue weighted by atomic mass is 9.90. The van der Waals surface area contributed by atoms with E-state index in [0.29, 0.717) is 0 Å². The molecule has 0 amide bonds. The number of fused-ring (bicyclic) bond motifs is 1.